The van der Waals surface area contributed by atoms with E-state index in [0.29, 0.717) is 11.6 Å². The SMILES string of the molecule is Cc1cc(-c2csc(CC3CCCN3)n2)ccc1F. The van der Waals surface area contributed by atoms with Crippen LogP contribution in [0, 0.1) is 12.7 Å². The molecule has 1 atom stereocenters. The monoisotopic (exact) mass is 276 g/mol. The van der Waals surface area contributed by atoms with Gasteiger partial charge in [-0.15, -0.1) is 11.3 Å². The average Bonchev–Trinajstić information content (AvgIpc) is 3.05. The first-order valence-corrected chi connectivity index (χ1v) is 7.54. The van der Waals surface area contributed by atoms with Crippen molar-refractivity contribution in [3.8, 4) is 11.3 Å². The number of hydrogen-bond donors (Lipinski definition) is 1. The van der Waals surface area contributed by atoms with Crippen LogP contribution in [0.2, 0.25) is 0 Å². The third kappa shape index (κ3) is 2.85. The Bertz CT molecular complexity index is 573. The molecular weight excluding hydrogens is 259 g/mol. The number of nitrogens with one attached hydrogen (secondary N) is 1. The summed E-state index contributed by atoms with van der Waals surface area (Å²) < 4.78 is 13.3. The molecule has 1 aromatic heterocycles. The van der Waals surface area contributed by atoms with E-state index in [2.05, 4.69) is 15.7 Å². The van der Waals surface area contributed by atoms with E-state index in [-0.39, 0.29) is 5.82 Å². The van der Waals surface area contributed by atoms with Gasteiger partial charge in [0.15, 0.2) is 0 Å². The lowest BCUT2D eigenvalue weighted by Gasteiger charge is -2.06. The summed E-state index contributed by atoms with van der Waals surface area (Å²) in [6.45, 7) is 2.91. The zero-order chi connectivity index (χ0) is 13.2. The van der Waals surface area contributed by atoms with E-state index in [1.165, 1.54) is 18.9 Å². The summed E-state index contributed by atoms with van der Waals surface area (Å²) in [6, 6.07) is 5.76. The molecule has 3 rings (SSSR count). The number of rotatable bonds is 3. The van der Waals surface area contributed by atoms with E-state index in [4.69, 9.17) is 0 Å². The fourth-order valence-corrected chi connectivity index (χ4v) is 3.37. The molecule has 0 saturated carbocycles. The molecule has 0 bridgehead atoms. The van der Waals surface area contributed by atoms with Gasteiger partial charge in [0.1, 0.15) is 5.82 Å². The van der Waals surface area contributed by atoms with Crippen LogP contribution in [0.25, 0.3) is 11.3 Å². The number of nitrogens with zero attached hydrogens (tertiary/aromatic N) is 1. The van der Waals surface area contributed by atoms with Crippen molar-refractivity contribution in [2.24, 2.45) is 0 Å². The fourth-order valence-electron chi connectivity index (χ4n) is 2.48. The second-order valence-electron chi connectivity index (χ2n) is 5.09. The van der Waals surface area contributed by atoms with Crippen LogP contribution in [0.15, 0.2) is 23.6 Å². The quantitative estimate of drug-likeness (QED) is 0.927. The molecular formula is C15H17FN2S. The highest BCUT2D eigenvalue weighted by Crippen LogP contribution is 2.25. The standard InChI is InChI=1S/C15H17FN2S/c1-10-7-11(4-5-13(10)16)14-9-19-15(18-14)8-12-3-2-6-17-12/h4-5,7,9,12,17H,2-3,6,8H2,1H3. The predicted molar refractivity (Wildman–Crippen MR) is 77.0 cm³/mol. The molecule has 1 N–H and O–H groups in total. The van der Waals surface area contributed by atoms with Crippen LogP contribution in [0.1, 0.15) is 23.4 Å². The van der Waals surface area contributed by atoms with E-state index in [1.54, 1.807) is 24.3 Å². The normalized spacial score (nSPS) is 18.9. The first-order valence-electron chi connectivity index (χ1n) is 6.67. The summed E-state index contributed by atoms with van der Waals surface area (Å²) in [7, 11) is 0. The maximum atomic E-state index is 13.3. The van der Waals surface area contributed by atoms with Crippen molar-refractivity contribution in [1.29, 1.82) is 0 Å². The van der Waals surface area contributed by atoms with Crippen LogP contribution in [0.3, 0.4) is 0 Å². The van der Waals surface area contributed by atoms with Gasteiger partial charge < -0.3 is 5.32 Å². The molecule has 0 spiro atoms. The molecule has 1 saturated heterocycles. The highest BCUT2D eigenvalue weighted by molar-refractivity contribution is 7.09. The summed E-state index contributed by atoms with van der Waals surface area (Å²) >= 11 is 1.70. The summed E-state index contributed by atoms with van der Waals surface area (Å²) in [5, 5.41) is 6.72. The lowest BCUT2D eigenvalue weighted by atomic mass is 10.1. The Balaban J connectivity index is 1.78. The van der Waals surface area contributed by atoms with Crippen molar-refractivity contribution < 1.29 is 4.39 Å². The van der Waals surface area contributed by atoms with E-state index >= 15 is 0 Å². The molecule has 2 aromatic rings. The Hall–Kier alpha value is -1.26. The van der Waals surface area contributed by atoms with Gasteiger partial charge in [0, 0.05) is 23.4 Å². The van der Waals surface area contributed by atoms with E-state index in [0.717, 1.165) is 29.2 Å². The molecule has 100 valence electrons. The minimum atomic E-state index is -0.158. The number of aromatic nitrogens is 1. The highest BCUT2D eigenvalue weighted by atomic mass is 32.1. The molecule has 2 heterocycles. The van der Waals surface area contributed by atoms with Gasteiger partial charge in [0.05, 0.1) is 10.7 Å². The van der Waals surface area contributed by atoms with Crippen LogP contribution in [-0.2, 0) is 6.42 Å². The minimum absolute atomic E-state index is 0.158. The largest absolute Gasteiger partial charge is 0.314 e. The van der Waals surface area contributed by atoms with Crippen LogP contribution >= 0.6 is 11.3 Å². The van der Waals surface area contributed by atoms with Crippen LogP contribution in [-0.4, -0.2) is 17.6 Å². The van der Waals surface area contributed by atoms with Crippen molar-refractivity contribution in [2.75, 3.05) is 6.54 Å². The molecule has 1 unspecified atom stereocenters. The van der Waals surface area contributed by atoms with E-state index in [1.807, 2.05) is 6.07 Å². The molecule has 0 amide bonds. The van der Waals surface area contributed by atoms with Gasteiger partial charge in [-0.25, -0.2) is 9.37 Å². The van der Waals surface area contributed by atoms with Crippen molar-refractivity contribution in [1.82, 2.24) is 10.3 Å². The third-order valence-electron chi connectivity index (χ3n) is 3.59. The van der Waals surface area contributed by atoms with Crippen LogP contribution in [0.5, 0.6) is 0 Å². The minimum Gasteiger partial charge on any atom is -0.314 e. The molecule has 19 heavy (non-hydrogen) atoms. The second kappa shape index (κ2) is 5.39. The van der Waals surface area contributed by atoms with E-state index < -0.39 is 0 Å². The summed E-state index contributed by atoms with van der Waals surface area (Å²) in [4.78, 5) is 4.67. The number of hydrogen-bond acceptors (Lipinski definition) is 3. The summed E-state index contributed by atoms with van der Waals surface area (Å²) in [5.74, 6) is -0.158. The van der Waals surface area contributed by atoms with Crippen molar-refractivity contribution >= 4 is 11.3 Å². The Morgan fingerprint density at radius 1 is 1.47 bits per heavy atom. The summed E-state index contributed by atoms with van der Waals surface area (Å²) in [5.41, 5.74) is 2.63. The predicted octanol–water partition coefficient (Wildman–Crippen LogP) is 3.55. The number of benzene rings is 1. The second-order valence-corrected chi connectivity index (χ2v) is 6.03. The lowest BCUT2D eigenvalue weighted by Crippen LogP contribution is -2.23. The molecule has 2 nitrogen and oxygen atoms in total. The fraction of sp³-hybridized carbons (Fsp3) is 0.400. The Morgan fingerprint density at radius 3 is 3.11 bits per heavy atom. The first-order chi connectivity index (χ1) is 9.22. The van der Waals surface area contributed by atoms with Gasteiger partial charge in [0.25, 0.3) is 0 Å². The smallest absolute Gasteiger partial charge is 0.126 e. The molecule has 1 aliphatic heterocycles. The van der Waals surface area contributed by atoms with Gasteiger partial charge in [0.2, 0.25) is 0 Å². The molecule has 0 radical (unpaired) electrons. The van der Waals surface area contributed by atoms with Gasteiger partial charge in [-0.3, -0.25) is 0 Å². The topological polar surface area (TPSA) is 24.9 Å². The Kier molecular flexibility index (Phi) is 3.62. The maximum Gasteiger partial charge on any atom is 0.126 e. The zero-order valence-corrected chi connectivity index (χ0v) is 11.8. The molecule has 0 aliphatic carbocycles. The van der Waals surface area contributed by atoms with Gasteiger partial charge in [-0.1, -0.05) is 0 Å². The lowest BCUT2D eigenvalue weighted by molar-refractivity contribution is 0.601. The van der Waals surface area contributed by atoms with Gasteiger partial charge in [-0.2, -0.15) is 0 Å². The van der Waals surface area contributed by atoms with Crippen molar-refractivity contribution in [3.05, 3.63) is 40.0 Å². The average molecular weight is 276 g/mol. The van der Waals surface area contributed by atoms with Crippen molar-refractivity contribution in [2.45, 2.75) is 32.2 Å². The zero-order valence-electron chi connectivity index (χ0n) is 10.9. The summed E-state index contributed by atoms with van der Waals surface area (Å²) in [6.07, 6.45) is 3.51. The third-order valence-corrected chi connectivity index (χ3v) is 4.46. The number of thiazole rings is 1. The molecule has 1 aliphatic rings. The molecule has 4 heteroatoms. The molecule has 1 fully saturated rings. The Morgan fingerprint density at radius 2 is 2.37 bits per heavy atom. The van der Waals surface area contributed by atoms with Gasteiger partial charge in [-0.05, 0) is 50.1 Å². The Labute approximate surface area is 116 Å². The number of aryl methyl sites for hydroxylation is 1. The van der Waals surface area contributed by atoms with Crippen LogP contribution < -0.4 is 5.32 Å². The maximum absolute atomic E-state index is 13.3. The highest BCUT2D eigenvalue weighted by Gasteiger charge is 2.16. The van der Waals surface area contributed by atoms with Gasteiger partial charge >= 0.3 is 0 Å². The van der Waals surface area contributed by atoms with Crippen molar-refractivity contribution in [3.63, 3.8) is 0 Å². The first kappa shape index (κ1) is 12.8. The number of halogens is 1. The molecule has 1 aromatic carbocycles. The van der Waals surface area contributed by atoms with E-state index in [9.17, 15) is 4.39 Å². The van der Waals surface area contributed by atoms with Crippen LogP contribution in [0.4, 0.5) is 4.39 Å².